The van der Waals surface area contributed by atoms with Gasteiger partial charge in [0.2, 0.25) is 0 Å². The number of piperidine rings is 1. The lowest BCUT2D eigenvalue weighted by atomic mass is 9.83. The maximum absolute atomic E-state index is 6.16. The number of hydrogen-bond acceptors (Lipinski definition) is 4. The van der Waals surface area contributed by atoms with Crippen LogP contribution in [0.4, 0.5) is 0 Å². The average molecular weight is 282 g/mol. The number of hydrogen-bond donors (Lipinski definition) is 1. The zero-order valence-electron chi connectivity index (χ0n) is 12.9. The maximum Gasteiger partial charge on any atom is 0.0741 e. The zero-order chi connectivity index (χ0) is 13.8. The molecule has 116 valence electrons. The molecule has 3 saturated heterocycles. The summed E-state index contributed by atoms with van der Waals surface area (Å²) in [7, 11) is 2.32. The van der Waals surface area contributed by atoms with Crippen molar-refractivity contribution >= 4 is 0 Å². The Bertz CT molecular complexity index is 293. The smallest absolute Gasteiger partial charge is 0.0741 e. The molecule has 20 heavy (non-hydrogen) atoms. The Kier molecular flexibility index (Phi) is 4.97. The molecule has 0 radical (unpaired) electrons. The number of rotatable bonds is 3. The lowest BCUT2D eigenvalue weighted by Gasteiger charge is -2.46. The van der Waals surface area contributed by atoms with Crippen LogP contribution in [0.5, 0.6) is 0 Å². The average Bonchev–Trinajstić information content (AvgIpc) is 2.49. The Morgan fingerprint density at radius 2 is 2.05 bits per heavy atom. The topological polar surface area (TPSA) is 33.7 Å². The Balaban J connectivity index is 1.52. The monoisotopic (exact) mass is 282 g/mol. The van der Waals surface area contributed by atoms with E-state index in [2.05, 4.69) is 17.3 Å². The van der Waals surface area contributed by atoms with Crippen LogP contribution in [-0.2, 0) is 9.47 Å². The van der Waals surface area contributed by atoms with E-state index in [-0.39, 0.29) is 5.60 Å². The van der Waals surface area contributed by atoms with Crippen molar-refractivity contribution in [2.24, 2.45) is 5.92 Å². The lowest BCUT2D eigenvalue weighted by Crippen LogP contribution is -2.51. The summed E-state index contributed by atoms with van der Waals surface area (Å²) in [5, 5.41) is 3.53. The van der Waals surface area contributed by atoms with E-state index in [1.165, 1.54) is 45.3 Å². The fourth-order valence-electron chi connectivity index (χ4n) is 4.11. The second-order valence-corrected chi connectivity index (χ2v) is 6.94. The molecule has 0 saturated carbocycles. The summed E-state index contributed by atoms with van der Waals surface area (Å²) >= 11 is 0. The van der Waals surface area contributed by atoms with Gasteiger partial charge in [-0.15, -0.1) is 0 Å². The van der Waals surface area contributed by atoms with Gasteiger partial charge in [0, 0.05) is 32.4 Å². The highest BCUT2D eigenvalue weighted by Gasteiger charge is 2.40. The van der Waals surface area contributed by atoms with Crippen LogP contribution in [-0.4, -0.2) is 63.0 Å². The minimum atomic E-state index is 0.125. The quantitative estimate of drug-likeness (QED) is 0.853. The van der Waals surface area contributed by atoms with E-state index in [1.807, 2.05) is 0 Å². The summed E-state index contributed by atoms with van der Waals surface area (Å²) < 4.78 is 11.7. The predicted molar refractivity (Wildman–Crippen MR) is 80.0 cm³/mol. The molecule has 3 rings (SSSR count). The van der Waals surface area contributed by atoms with E-state index in [0.717, 1.165) is 38.6 Å². The SMILES string of the molecule is CN(CC1CCCNC1)C1CCOC2(CCOCC2)C1. The third-order valence-electron chi connectivity index (χ3n) is 5.44. The van der Waals surface area contributed by atoms with E-state index in [9.17, 15) is 0 Å². The first-order chi connectivity index (χ1) is 9.77. The molecule has 0 aliphatic carbocycles. The Labute approximate surface area is 123 Å². The molecule has 4 heteroatoms. The third-order valence-corrected chi connectivity index (χ3v) is 5.44. The first kappa shape index (κ1) is 14.8. The van der Waals surface area contributed by atoms with Gasteiger partial charge in [-0.1, -0.05) is 0 Å². The van der Waals surface area contributed by atoms with Crippen molar-refractivity contribution in [2.75, 3.05) is 46.5 Å². The summed E-state index contributed by atoms with van der Waals surface area (Å²) in [6.07, 6.45) is 7.30. The van der Waals surface area contributed by atoms with Crippen molar-refractivity contribution in [1.29, 1.82) is 0 Å². The third kappa shape index (κ3) is 3.53. The van der Waals surface area contributed by atoms with Gasteiger partial charge in [0.1, 0.15) is 0 Å². The normalized spacial score (nSPS) is 34.5. The summed E-state index contributed by atoms with van der Waals surface area (Å²) in [6, 6.07) is 0.698. The van der Waals surface area contributed by atoms with Crippen molar-refractivity contribution in [3.8, 4) is 0 Å². The summed E-state index contributed by atoms with van der Waals surface area (Å²) in [5.41, 5.74) is 0.125. The summed E-state index contributed by atoms with van der Waals surface area (Å²) in [4.78, 5) is 2.61. The molecule has 1 spiro atoms. The van der Waals surface area contributed by atoms with Crippen LogP contribution in [0, 0.1) is 5.92 Å². The van der Waals surface area contributed by atoms with E-state index in [4.69, 9.17) is 9.47 Å². The number of nitrogens with one attached hydrogen (secondary N) is 1. The van der Waals surface area contributed by atoms with Gasteiger partial charge in [-0.25, -0.2) is 0 Å². The molecule has 0 aromatic heterocycles. The van der Waals surface area contributed by atoms with Crippen molar-refractivity contribution in [3.63, 3.8) is 0 Å². The molecular formula is C16H30N2O2. The molecule has 2 unspecified atom stereocenters. The van der Waals surface area contributed by atoms with Gasteiger partial charge in [-0.05, 0) is 64.6 Å². The first-order valence-corrected chi connectivity index (χ1v) is 8.40. The van der Waals surface area contributed by atoms with Crippen LogP contribution < -0.4 is 5.32 Å². The van der Waals surface area contributed by atoms with Crippen molar-refractivity contribution in [3.05, 3.63) is 0 Å². The summed E-state index contributed by atoms with van der Waals surface area (Å²) in [5.74, 6) is 0.835. The van der Waals surface area contributed by atoms with Gasteiger partial charge in [-0.2, -0.15) is 0 Å². The molecule has 0 aromatic carbocycles. The standard InChI is InChI=1S/C16H30N2O2/c1-18(13-14-3-2-7-17-12-14)15-4-8-20-16(11-15)5-9-19-10-6-16/h14-15,17H,2-13H2,1H3. The molecule has 1 N–H and O–H groups in total. The summed E-state index contributed by atoms with van der Waals surface area (Å²) in [6.45, 7) is 6.33. The van der Waals surface area contributed by atoms with Gasteiger partial charge in [0.05, 0.1) is 5.60 Å². The van der Waals surface area contributed by atoms with Crippen LogP contribution in [0.25, 0.3) is 0 Å². The Hall–Kier alpha value is -0.160. The fraction of sp³-hybridized carbons (Fsp3) is 1.00. The largest absolute Gasteiger partial charge is 0.381 e. The molecule has 0 amide bonds. The van der Waals surface area contributed by atoms with Gasteiger partial charge >= 0.3 is 0 Å². The van der Waals surface area contributed by atoms with E-state index >= 15 is 0 Å². The zero-order valence-corrected chi connectivity index (χ0v) is 12.9. The van der Waals surface area contributed by atoms with E-state index < -0.39 is 0 Å². The molecule has 3 heterocycles. The molecule has 2 atom stereocenters. The lowest BCUT2D eigenvalue weighted by molar-refractivity contribution is -0.150. The Morgan fingerprint density at radius 3 is 2.80 bits per heavy atom. The van der Waals surface area contributed by atoms with Gasteiger partial charge < -0.3 is 19.7 Å². The molecule has 0 aromatic rings. The highest BCUT2D eigenvalue weighted by Crippen LogP contribution is 2.36. The van der Waals surface area contributed by atoms with E-state index in [1.54, 1.807) is 0 Å². The number of nitrogens with zero attached hydrogens (tertiary/aromatic N) is 1. The molecule has 3 fully saturated rings. The molecular weight excluding hydrogens is 252 g/mol. The highest BCUT2D eigenvalue weighted by molar-refractivity contribution is 4.92. The second kappa shape index (κ2) is 6.73. The molecule has 0 bridgehead atoms. The predicted octanol–water partition coefficient (Wildman–Crippen LogP) is 1.65. The molecule has 3 aliphatic heterocycles. The van der Waals surface area contributed by atoms with Gasteiger partial charge in [0.15, 0.2) is 0 Å². The van der Waals surface area contributed by atoms with Crippen molar-refractivity contribution in [1.82, 2.24) is 10.2 Å². The fourth-order valence-corrected chi connectivity index (χ4v) is 4.11. The van der Waals surface area contributed by atoms with Crippen molar-refractivity contribution in [2.45, 2.75) is 50.2 Å². The van der Waals surface area contributed by atoms with Crippen LogP contribution in [0.3, 0.4) is 0 Å². The van der Waals surface area contributed by atoms with E-state index in [0.29, 0.717) is 6.04 Å². The highest BCUT2D eigenvalue weighted by atomic mass is 16.5. The minimum Gasteiger partial charge on any atom is -0.381 e. The number of ether oxygens (including phenoxy) is 2. The van der Waals surface area contributed by atoms with Crippen molar-refractivity contribution < 1.29 is 9.47 Å². The van der Waals surface area contributed by atoms with Gasteiger partial charge in [-0.3, -0.25) is 0 Å². The van der Waals surface area contributed by atoms with Crippen LogP contribution in [0.1, 0.15) is 38.5 Å². The maximum atomic E-state index is 6.16. The van der Waals surface area contributed by atoms with Crippen LogP contribution >= 0.6 is 0 Å². The van der Waals surface area contributed by atoms with Gasteiger partial charge in [0.25, 0.3) is 0 Å². The van der Waals surface area contributed by atoms with Crippen LogP contribution in [0.2, 0.25) is 0 Å². The molecule has 4 nitrogen and oxygen atoms in total. The second-order valence-electron chi connectivity index (χ2n) is 6.94. The first-order valence-electron chi connectivity index (χ1n) is 8.40. The van der Waals surface area contributed by atoms with Crippen LogP contribution in [0.15, 0.2) is 0 Å². The Morgan fingerprint density at radius 1 is 1.20 bits per heavy atom. The minimum absolute atomic E-state index is 0.125. The molecule has 3 aliphatic rings.